The van der Waals surface area contributed by atoms with Gasteiger partial charge >= 0.3 is 0 Å². The summed E-state index contributed by atoms with van der Waals surface area (Å²) in [7, 11) is -2.01. The molecule has 0 aliphatic heterocycles. The maximum Gasteiger partial charge on any atom is 0.270 e. The number of benzene rings is 2. The van der Waals surface area contributed by atoms with Crippen molar-refractivity contribution in [2.45, 2.75) is 12.3 Å². The monoisotopic (exact) mass is 420 g/mol. The molecular formula is C18H20N4O6S. The molecule has 0 saturated heterocycles. The number of sulfonamides is 1. The maximum atomic E-state index is 12.0. The van der Waals surface area contributed by atoms with Crippen LogP contribution in [-0.4, -0.2) is 38.7 Å². The summed E-state index contributed by atoms with van der Waals surface area (Å²) in [4.78, 5) is 34.0. The first-order chi connectivity index (χ1) is 13.7. The van der Waals surface area contributed by atoms with Crippen LogP contribution in [0.3, 0.4) is 0 Å². The number of carbonyl (C=O) groups excluding carboxylic acids is 2. The van der Waals surface area contributed by atoms with E-state index in [1.54, 1.807) is 24.3 Å². The van der Waals surface area contributed by atoms with Crippen LogP contribution in [-0.2, 0) is 27.1 Å². The molecule has 0 radical (unpaired) electrons. The van der Waals surface area contributed by atoms with Crippen molar-refractivity contribution in [3.05, 3.63) is 75.3 Å². The summed E-state index contributed by atoms with van der Waals surface area (Å²) < 4.78 is 25.3. The zero-order chi connectivity index (χ0) is 21.4. The van der Waals surface area contributed by atoms with E-state index in [-0.39, 0.29) is 30.1 Å². The van der Waals surface area contributed by atoms with Gasteiger partial charge in [-0.25, -0.2) is 13.1 Å². The van der Waals surface area contributed by atoms with Crippen LogP contribution in [0, 0.1) is 10.1 Å². The van der Waals surface area contributed by atoms with E-state index in [0.29, 0.717) is 5.56 Å². The minimum absolute atomic E-state index is 0.0825. The van der Waals surface area contributed by atoms with Gasteiger partial charge in [-0.3, -0.25) is 19.7 Å². The first kappa shape index (κ1) is 22.0. The third-order valence-corrected chi connectivity index (χ3v) is 5.24. The SMILES string of the molecule is CNS(=O)(=O)Cc1ccc(CNC(=O)CNC(=O)c2cccc([N+](=O)[O-])c2)cc1. The molecular weight excluding hydrogens is 400 g/mol. The zero-order valence-electron chi connectivity index (χ0n) is 15.5. The van der Waals surface area contributed by atoms with Crippen molar-refractivity contribution in [2.24, 2.45) is 0 Å². The first-order valence-electron chi connectivity index (χ1n) is 8.48. The van der Waals surface area contributed by atoms with Gasteiger partial charge in [0, 0.05) is 24.2 Å². The number of nitro benzene ring substituents is 1. The largest absolute Gasteiger partial charge is 0.350 e. The summed E-state index contributed by atoms with van der Waals surface area (Å²) in [5.41, 5.74) is 1.24. The molecule has 10 nitrogen and oxygen atoms in total. The lowest BCUT2D eigenvalue weighted by atomic mass is 10.1. The molecule has 0 aliphatic rings. The minimum Gasteiger partial charge on any atom is -0.350 e. The third kappa shape index (κ3) is 6.97. The van der Waals surface area contributed by atoms with Crippen molar-refractivity contribution in [1.82, 2.24) is 15.4 Å². The number of nitro groups is 1. The van der Waals surface area contributed by atoms with Gasteiger partial charge in [-0.2, -0.15) is 0 Å². The molecule has 2 aromatic carbocycles. The summed E-state index contributed by atoms with van der Waals surface area (Å²) in [6.07, 6.45) is 0. The first-order valence-corrected chi connectivity index (χ1v) is 10.1. The summed E-state index contributed by atoms with van der Waals surface area (Å²) in [6.45, 7) is -0.0927. The number of nitrogens with zero attached hydrogens (tertiary/aromatic N) is 1. The van der Waals surface area contributed by atoms with Crippen LogP contribution in [0.2, 0.25) is 0 Å². The van der Waals surface area contributed by atoms with E-state index < -0.39 is 26.8 Å². The highest BCUT2D eigenvalue weighted by molar-refractivity contribution is 7.88. The standard InChI is InChI=1S/C18H20N4O6S/c1-19-29(27,28)12-14-7-5-13(6-8-14)10-20-17(23)11-21-18(24)15-3-2-4-16(9-15)22(25)26/h2-9,19H,10-12H2,1H3,(H,20,23)(H,21,24). The second kappa shape index (κ2) is 9.75. The Kier molecular flexibility index (Phi) is 7.39. The molecule has 0 atom stereocenters. The Morgan fingerprint density at radius 2 is 1.69 bits per heavy atom. The molecule has 2 aromatic rings. The molecule has 29 heavy (non-hydrogen) atoms. The highest BCUT2D eigenvalue weighted by Gasteiger charge is 2.12. The fourth-order valence-electron chi connectivity index (χ4n) is 2.33. The summed E-state index contributed by atoms with van der Waals surface area (Å²) in [6, 6.07) is 11.9. The van der Waals surface area contributed by atoms with Crippen molar-refractivity contribution >= 4 is 27.5 Å². The quantitative estimate of drug-likeness (QED) is 0.402. The van der Waals surface area contributed by atoms with E-state index >= 15 is 0 Å². The van der Waals surface area contributed by atoms with Gasteiger partial charge < -0.3 is 10.6 Å². The lowest BCUT2D eigenvalue weighted by Crippen LogP contribution is -2.36. The van der Waals surface area contributed by atoms with Gasteiger partial charge in [-0.1, -0.05) is 30.3 Å². The molecule has 154 valence electrons. The van der Waals surface area contributed by atoms with E-state index in [4.69, 9.17) is 0 Å². The van der Waals surface area contributed by atoms with Gasteiger partial charge in [-0.15, -0.1) is 0 Å². The number of hydrogen-bond acceptors (Lipinski definition) is 6. The van der Waals surface area contributed by atoms with Crippen molar-refractivity contribution in [3.8, 4) is 0 Å². The van der Waals surface area contributed by atoms with Crippen LogP contribution in [0.25, 0.3) is 0 Å². The van der Waals surface area contributed by atoms with Gasteiger partial charge in [0.05, 0.1) is 17.2 Å². The summed E-state index contributed by atoms with van der Waals surface area (Å²) in [5.74, 6) is -1.18. The zero-order valence-corrected chi connectivity index (χ0v) is 16.4. The van der Waals surface area contributed by atoms with Crippen molar-refractivity contribution in [1.29, 1.82) is 0 Å². The molecule has 3 N–H and O–H groups in total. The number of rotatable bonds is 9. The molecule has 0 aliphatic carbocycles. The second-order valence-corrected chi connectivity index (χ2v) is 7.97. The summed E-state index contributed by atoms with van der Waals surface area (Å²) in [5, 5.41) is 15.8. The fraction of sp³-hybridized carbons (Fsp3) is 0.222. The Hall–Kier alpha value is -3.31. The van der Waals surface area contributed by atoms with Crippen LogP contribution in [0.5, 0.6) is 0 Å². The van der Waals surface area contributed by atoms with E-state index in [1.165, 1.54) is 25.2 Å². The predicted molar refractivity (Wildman–Crippen MR) is 105 cm³/mol. The highest BCUT2D eigenvalue weighted by atomic mass is 32.2. The van der Waals surface area contributed by atoms with Crippen LogP contribution >= 0.6 is 0 Å². The molecule has 0 spiro atoms. The number of hydrogen-bond donors (Lipinski definition) is 3. The van der Waals surface area contributed by atoms with Crippen molar-refractivity contribution in [3.63, 3.8) is 0 Å². The Labute approximate surface area is 167 Å². The lowest BCUT2D eigenvalue weighted by molar-refractivity contribution is -0.384. The van der Waals surface area contributed by atoms with Crippen LogP contribution in [0.1, 0.15) is 21.5 Å². The normalized spacial score (nSPS) is 10.9. The smallest absolute Gasteiger partial charge is 0.270 e. The molecule has 0 unspecified atom stereocenters. The van der Waals surface area contributed by atoms with E-state index in [9.17, 15) is 28.1 Å². The lowest BCUT2D eigenvalue weighted by Gasteiger charge is -2.08. The predicted octanol–water partition coefficient (Wildman–Crippen LogP) is 0.690. The van der Waals surface area contributed by atoms with Gasteiger partial charge in [0.15, 0.2) is 0 Å². The molecule has 11 heteroatoms. The molecule has 0 fully saturated rings. The topological polar surface area (TPSA) is 148 Å². The molecule has 0 aromatic heterocycles. The Morgan fingerprint density at radius 3 is 2.31 bits per heavy atom. The Bertz CT molecular complexity index is 1010. The Balaban J connectivity index is 1.82. The second-order valence-electron chi connectivity index (χ2n) is 6.05. The average molecular weight is 420 g/mol. The van der Waals surface area contributed by atoms with E-state index in [1.807, 2.05) is 0 Å². The van der Waals surface area contributed by atoms with Gasteiger partial charge in [-0.05, 0) is 24.2 Å². The Morgan fingerprint density at radius 1 is 1.03 bits per heavy atom. The number of nitrogens with one attached hydrogen (secondary N) is 3. The van der Waals surface area contributed by atoms with Gasteiger partial charge in [0.1, 0.15) is 0 Å². The molecule has 0 bridgehead atoms. The summed E-state index contributed by atoms with van der Waals surface area (Å²) >= 11 is 0. The van der Waals surface area contributed by atoms with Crippen molar-refractivity contribution in [2.75, 3.05) is 13.6 Å². The van der Waals surface area contributed by atoms with E-state index in [2.05, 4.69) is 15.4 Å². The number of non-ortho nitro benzene ring substituents is 1. The van der Waals surface area contributed by atoms with Crippen LogP contribution < -0.4 is 15.4 Å². The maximum absolute atomic E-state index is 12.0. The molecule has 0 heterocycles. The van der Waals surface area contributed by atoms with E-state index in [0.717, 1.165) is 11.6 Å². The molecule has 0 saturated carbocycles. The number of amides is 2. The molecule has 2 rings (SSSR count). The average Bonchev–Trinajstić information content (AvgIpc) is 2.71. The van der Waals surface area contributed by atoms with Crippen molar-refractivity contribution < 1.29 is 22.9 Å². The minimum atomic E-state index is -3.35. The van der Waals surface area contributed by atoms with Crippen LogP contribution in [0.4, 0.5) is 5.69 Å². The van der Waals surface area contributed by atoms with Gasteiger partial charge in [0.25, 0.3) is 11.6 Å². The third-order valence-electron chi connectivity index (χ3n) is 3.91. The molecule has 2 amide bonds. The van der Waals surface area contributed by atoms with Gasteiger partial charge in [0.2, 0.25) is 15.9 Å². The fourth-order valence-corrected chi connectivity index (χ4v) is 3.11. The number of carbonyl (C=O) groups is 2. The highest BCUT2D eigenvalue weighted by Crippen LogP contribution is 2.12. The van der Waals surface area contributed by atoms with Crippen LogP contribution in [0.15, 0.2) is 48.5 Å².